The predicted octanol–water partition coefficient (Wildman–Crippen LogP) is 2.89. The topological polar surface area (TPSA) is 74.2 Å². The van der Waals surface area contributed by atoms with Crippen molar-refractivity contribution in [3.8, 4) is 0 Å². The van der Waals surface area contributed by atoms with Crippen LogP contribution in [0.4, 0.5) is 17.5 Å². The number of hydrogen-bond acceptors (Lipinski definition) is 6. The van der Waals surface area contributed by atoms with Crippen molar-refractivity contribution < 1.29 is 4.79 Å². The number of benzene rings is 1. The number of aromatic nitrogens is 3. The molecule has 1 aliphatic heterocycles. The highest BCUT2D eigenvalue weighted by atomic mass is 16.2. The summed E-state index contributed by atoms with van der Waals surface area (Å²) in [7, 11) is 0. The van der Waals surface area contributed by atoms with Crippen LogP contribution in [0.15, 0.2) is 60.8 Å². The summed E-state index contributed by atoms with van der Waals surface area (Å²) in [6, 6.07) is 17.2. The third kappa shape index (κ3) is 4.09. The van der Waals surface area contributed by atoms with Crippen LogP contribution >= 0.6 is 0 Å². The van der Waals surface area contributed by atoms with Crippen LogP contribution in [-0.2, 0) is 0 Å². The Hall–Kier alpha value is -3.48. The maximum Gasteiger partial charge on any atom is 0.253 e. The highest BCUT2D eigenvalue weighted by Crippen LogP contribution is 2.17. The second-order valence-electron chi connectivity index (χ2n) is 6.77. The van der Waals surface area contributed by atoms with Gasteiger partial charge in [-0.05, 0) is 43.3 Å². The molecule has 142 valence electrons. The number of pyridine rings is 1. The van der Waals surface area contributed by atoms with E-state index in [9.17, 15) is 4.79 Å². The lowest BCUT2D eigenvalue weighted by molar-refractivity contribution is 0.0746. The third-order valence-electron chi connectivity index (χ3n) is 4.73. The van der Waals surface area contributed by atoms with Crippen LogP contribution in [0.5, 0.6) is 0 Å². The van der Waals surface area contributed by atoms with Crippen LogP contribution in [-0.4, -0.2) is 52.2 Å². The SMILES string of the molecule is Cc1cccc(C(=O)N2CCN(c3ccc(Nc4ccccn4)nn3)CC2)c1. The van der Waals surface area contributed by atoms with Crippen LogP contribution in [0, 0.1) is 6.92 Å². The number of hydrogen-bond donors (Lipinski definition) is 1. The van der Waals surface area contributed by atoms with Crippen molar-refractivity contribution in [2.75, 3.05) is 36.4 Å². The molecule has 3 aromatic rings. The third-order valence-corrected chi connectivity index (χ3v) is 4.73. The molecule has 3 heterocycles. The van der Waals surface area contributed by atoms with Gasteiger partial charge in [-0.3, -0.25) is 4.79 Å². The zero-order valence-corrected chi connectivity index (χ0v) is 15.7. The molecule has 4 rings (SSSR count). The molecule has 0 aliphatic carbocycles. The van der Waals surface area contributed by atoms with Crippen molar-refractivity contribution in [1.82, 2.24) is 20.1 Å². The molecule has 1 N–H and O–H groups in total. The van der Waals surface area contributed by atoms with Gasteiger partial charge in [0.2, 0.25) is 0 Å². The lowest BCUT2D eigenvalue weighted by Crippen LogP contribution is -2.49. The van der Waals surface area contributed by atoms with Crippen molar-refractivity contribution in [3.63, 3.8) is 0 Å². The minimum atomic E-state index is 0.0874. The molecule has 1 aliphatic rings. The van der Waals surface area contributed by atoms with Gasteiger partial charge in [0.25, 0.3) is 5.91 Å². The van der Waals surface area contributed by atoms with Gasteiger partial charge in [0, 0.05) is 37.9 Å². The van der Waals surface area contributed by atoms with Crippen molar-refractivity contribution in [2.24, 2.45) is 0 Å². The maximum absolute atomic E-state index is 12.7. The minimum Gasteiger partial charge on any atom is -0.352 e. The Morgan fingerprint density at radius 3 is 2.46 bits per heavy atom. The number of aryl methyl sites for hydroxylation is 1. The molecule has 0 radical (unpaired) electrons. The number of nitrogens with one attached hydrogen (secondary N) is 1. The highest BCUT2D eigenvalue weighted by Gasteiger charge is 2.23. The molecule has 2 aromatic heterocycles. The highest BCUT2D eigenvalue weighted by molar-refractivity contribution is 5.94. The van der Waals surface area contributed by atoms with Crippen LogP contribution < -0.4 is 10.2 Å². The summed E-state index contributed by atoms with van der Waals surface area (Å²) in [4.78, 5) is 20.9. The number of carbonyl (C=O) groups is 1. The lowest BCUT2D eigenvalue weighted by atomic mass is 10.1. The summed E-state index contributed by atoms with van der Waals surface area (Å²) in [5, 5.41) is 11.7. The van der Waals surface area contributed by atoms with Crippen LogP contribution in [0.1, 0.15) is 15.9 Å². The molecular formula is C21H22N6O. The fourth-order valence-electron chi connectivity index (χ4n) is 3.23. The Morgan fingerprint density at radius 1 is 0.929 bits per heavy atom. The Labute approximate surface area is 164 Å². The van der Waals surface area contributed by atoms with Gasteiger partial charge in [-0.15, -0.1) is 10.2 Å². The van der Waals surface area contributed by atoms with Crippen LogP contribution in [0.25, 0.3) is 0 Å². The minimum absolute atomic E-state index is 0.0874. The first kappa shape index (κ1) is 17.9. The molecule has 7 nitrogen and oxygen atoms in total. The molecule has 0 bridgehead atoms. The molecule has 7 heteroatoms. The first-order valence-corrected chi connectivity index (χ1v) is 9.32. The van der Waals surface area contributed by atoms with E-state index < -0.39 is 0 Å². The van der Waals surface area contributed by atoms with E-state index in [1.165, 1.54) is 0 Å². The fraction of sp³-hybridized carbons (Fsp3) is 0.238. The number of nitrogens with zero attached hydrogens (tertiary/aromatic N) is 5. The van der Waals surface area contributed by atoms with Crippen molar-refractivity contribution >= 4 is 23.4 Å². The Bertz CT molecular complexity index is 937. The van der Waals surface area contributed by atoms with Crippen LogP contribution in [0.3, 0.4) is 0 Å². The van der Waals surface area contributed by atoms with E-state index in [0.717, 1.165) is 35.9 Å². The van der Waals surface area contributed by atoms with E-state index in [4.69, 9.17) is 0 Å². The van der Waals surface area contributed by atoms with E-state index in [1.807, 2.05) is 66.4 Å². The quantitative estimate of drug-likeness (QED) is 0.757. The van der Waals surface area contributed by atoms with E-state index in [-0.39, 0.29) is 5.91 Å². The smallest absolute Gasteiger partial charge is 0.253 e. The van der Waals surface area contributed by atoms with Crippen molar-refractivity contribution in [1.29, 1.82) is 0 Å². The van der Waals surface area contributed by atoms with Gasteiger partial charge >= 0.3 is 0 Å². The van der Waals surface area contributed by atoms with E-state index in [2.05, 4.69) is 25.4 Å². The molecule has 0 saturated carbocycles. The largest absolute Gasteiger partial charge is 0.352 e. The summed E-state index contributed by atoms with van der Waals surface area (Å²) < 4.78 is 0. The maximum atomic E-state index is 12.7. The molecule has 0 unspecified atom stereocenters. The van der Waals surface area contributed by atoms with Gasteiger partial charge in [-0.1, -0.05) is 23.8 Å². The number of anilines is 3. The molecule has 1 fully saturated rings. The van der Waals surface area contributed by atoms with Crippen LogP contribution in [0.2, 0.25) is 0 Å². The summed E-state index contributed by atoms with van der Waals surface area (Å²) in [6.07, 6.45) is 1.72. The Balaban J connectivity index is 1.35. The van der Waals surface area contributed by atoms with Gasteiger partial charge in [-0.25, -0.2) is 4.98 Å². The predicted molar refractivity (Wildman–Crippen MR) is 109 cm³/mol. The molecule has 0 spiro atoms. The summed E-state index contributed by atoms with van der Waals surface area (Å²) in [5.74, 6) is 2.28. The van der Waals surface area contributed by atoms with Gasteiger partial charge in [0.1, 0.15) is 5.82 Å². The van der Waals surface area contributed by atoms with Gasteiger partial charge in [0.15, 0.2) is 11.6 Å². The molecule has 1 amide bonds. The standard InChI is InChI=1S/C21H22N6O/c1-16-5-4-6-17(15-16)21(28)27-13-11-26(12-14-27)20-9-8-19(24-25-20)23-18-7-2-3-10-22-18/h2-10,15H,11-14H2,1H3,(H,22,23,24). The first-order valence-electron chi connectivity index (χ1n) is 9.32. The average molecular weight is 374 g/mol. The molecule has 1 aromatic carbocycles. The van der Waals surface area contributed by atoms with E-state index >= 15 is 0 Å². The molecular weight excluding hydrogens is 352 g/mol. The molecule has 28 heavy (non-hydrogen) atoms. The Kier molecular flexibility index (Phi) is 5.14. The molecule has 0 atom stereocenters. The lowest BCUT2D eigenvalue weighted by Gasteiger charge is -2.35. The summed E-state index contributed by atoms with van der Waals surface area (Å²) in [6.45, 7) is 4.81. The second-order valence-corrected chi connectivity index (χ2v) is 6.77. The summed E-state index contributed by atoms with van der Waals surface area (Å²) in [5.41, 5.74) is 1.84. The second kappa shape index (κ2) is 8.04. The fourth-order valence-corrected chi connectivity index (χ4v) is 3.23. The van der Waals surface area contributed by atoms with E-state index in [0.29, 0.717) is 18.9 Å². The van der Waals surface area contributed by atoms with Crippen molar-refractivity contribution in [2.45, 2.75) is 6.92 Å². The van der Waals surface area contributed by atoms with Gasteiger partial charge in [0.05, 0.1) is 0 Å². The van der Waals surface area contributed by atoms with Gasteiger partial charge < -0.3 is 15.1 Å². The average Bonchev–Trinajstić information content (AvgIpc) is 2.75. The normalized spacial score (nSPS) is 14.0. The van der Waals surface area contributed by atoms with Crippen molar-refractivity contribution in [3.05, 3.63) is 71.9 Å². The zero-order chi connectivity index (χ0) is 19.3. The summed E-state index contributed by atoms with van der Waals surface area (Å²) >= 11 is 0. The number of piperazine rings is 1. The number of rotatable bonds is 4. The monoisotopic (exact) mass is 374 g/mol. The first-order chi connectivity index (χ1) is 13.7. The number of amides is 1. The zero-order valence-electron chi connectivity index (χ0n) is 15.7. The Morgan fingerprint density at radius 2 is 1.79 bits per heavy atom. The van der Waals surface area contributed by atoms with Gasteiger partial charge in [-0.2, -0.15) is 0 Å². The van der Waals surface area contributed by atoms with E-state index in [1.54, 1.807) is 6.20 Å². The number of carbonyl (C=O) groups excluding carboxylic acids is 1. The molecule has 1 saturated heterocycles.